The lowest BCUT2D eigenvalue weighted by molar-refractivity contribution is -0.138. The van der Waals surface area contributed by atoms with Gasteiger partial charge in [-0.25, -0.2) is 8.42 Å². The maximum absolute atomic E-state index is 12.2. The van der Waals surface area contributed by atoms with Gasteiger partial charge in [0.05, 0.1) is 7.11 Å². The fraction of sp³-hybridized carbons (Fsp3) is 0.250. The van der Waals surface area contributed by atoms with Crippen LogP contribution in [-0.4, -0.2) is 32.6 Å². The summed E-state index contributed by atoms with van der Waals surface area (Å²) < 4.78 is 31.9. The van der Waals surface area contributed by atoms with E-state index in [1.54, 1.807) is 6.07 Å². The molecule has 0 spiro atoms. The van der Waals surface area contributed by atoms with Crippen molar-refractivity contribution in [3.05, 3.63) is 22.7 Å². The van der Waals surface area contributed by atoms with Crippen LogP contribution in [0.25, 0.3) is 0 Å². The van der Waals surface area contributed by atoms with Crippen molar-refractivity contribution >= 4 is 31.9 Å². The second-order valence-corrected chi connectivity index (χ2v) is 6.31. The average Bonchev–Trinajstić information content (AvgIpc) is 2.38. The van der Waals surface area contributed by atoms with Crippen LogP contribution in [0, 0.1) is 12.3 Å². The molecule has 0 heterocycles. The summed E-state index contributed by atoms with van der Waals surface area (Å²) in [6, 6.07) is 2.98. The molecule has 8 heteroatoms. The number of benzene rings is 1. The Morgan fingerprint density at radius 3 is 2.75 bits per heavy atom. The fourth-order valence-corrected chi connectivity index (χ4v) is 3.31. The van der Waals surface area contributed by atoms with Crippen molar-refractivity contribution in [3.8, 4) is 18.1 Å². The van der Waals surface area contributed by atoms with E-state index in [1.807, 2.05) is 4.72 Å². The molecule has 0 saturated carbocycles. The highest BCUT2D eigenvalue weighted by molar-refractivity contribution is 9.10. The second-order valence-electron chi connectivity index (χ2n) is 3.72. The van der Waals surface area contributed by atoms with Gasteiger partial charge in [-0.05, 0) is 18.2 Å². The molecule has 6 nitrogen and oxygen atoms in total. The van der Waals surface area contributed by atoms with Crippen LogP contribution in [0.3, 0.4) is 0 Å². The van der Waals surface area contributed by atoms with Gasteiger partial charge in [-0.3, -0.25) is 4.79 Å². The molecule has 0 aromatic heterocycles. The maximum atomic E-state index is 12.2. The molecule has 1 aromatic rings. The highest BCUT2D eigenvalue weighted by atomic mass is 79.9. The average molecular weight is 362 g/mol. The van der Waals surface area contributed by atoms with Crippen molar-refractivity contribution in [3.63, 3.8) is 0 Å². The van der Waals surface area contributed by atoms with Crippen LogP contribution in [0.5, 0.6) is 5.75 Å². The Balaban J connectivity index is 3.20. The van der Waals surface area contributed by atoms with Crippen LogP contribution in [0.4, 0.5) is 0 Å². The summed E-state index contributed by atoms with van der Waals surface area (Å²) >= 11 is 3.15. The molecule has 1 atom stereocenters. The lowest BCUT2D eigenvalue weighted by Gasteiger charge is -2.14. The monoisotopic (exact) mass is 361 g/mol. The van der Waals surface area contributed by atoms with E-state index >= 15 is 0 Å². The first-order valence-corrected chi connectivity index (χ1v) is 7.61. The van der Waals surface area contributed by atoms with Crippen molar-refractivity contribution in [2.45, 2.75) is 17.4 Å². The quantitative estimate of drug-likeness (QED) is 0.743. The lowest BCUT2D eigenvalue weighted by Crippen LogP contribution is -2.40. The molecular weight excluding hydrogens is 350 g/mol. The smallest absolute Gasteiger partial charge is 0.322 e. The summed E-state index contributed by atoms with van der Waals surface area (Å²) in [5.41, 5.74) is 0. The Morgan fingerprint density at radius 2 is 2.25 bits per heavy atom. The molecule has 2 N–H and O–H groups in total. The zero-order chi connectivity index (χ0) is 15.3. The molecule has 0 aliphatic carbocycles. The Kier molecular flexibility index (Phi) is 5.56. The predicted octanol–water partition coefficient (Wildman–Crippen LogP) is 1.21. The number of terminal acetylenes is 1. The zero-order valence-corrected chi connectivity index (χ0v) is 12.9. The number of hydrogen-bond donors (Lipinski definition) is 2. The number of carboxylic acids is 1. The molecule has 1 aromatic carbocycles. The number of rotatable bonds is 6. The number of halogens is 1. The second kappa shape index (κ2) is 6.74. The summed E-state index contributed by atoms with van der Waals surface area (Å²) in [7, 11) is -2.76. The van der Waals surface area contributed by atoms with E-state index < -0.39 is 22.0 Å². The van der Waals surface area contributed by atoms with Crippen molar-refractivity contribution in [2.75, 3.05) is 7.11 Å². The number of carbonyl (C=O) groups is 1. The Labute approximate surface area is 125 Å². The van der Waals surface area contributed by atoms with Gasteiger partial charge >= 0.3 is 5.97 Å². The summed E-state index contributed by atoms with van der Waals surface area (Å²) in [6.45, 7) is 0. The van der Waals surface area contributed by atoms with E-state index in [9.17, 15) is 13.2 Å². The molecule has 0 amide bonds. The molecule has 0 aliphatic rings. The standard InChI is InChI=1S/C12H12BrNO5S/c1-3-4-9(12(15)16)14-20(17,18)11-7-8(13)5-6-10(11)19-2/h1,5-7,9,14H,4H2,2H3,(H,15,16). The van der Waals surface area contributed by atoms with Gasteiger partial charge in [0, 0.05) is 10.9 Å². The first-order valence-electron chi connectivity index (χ1n) is 5.34. The van der Waals surface area contributed by atoms with Crippen LogP contribution in [0.1, 0.15) is 6.42 Å². The van der Waals surface area contributed by atoms with Gasteiger partial charge in [0.1, 0.15) is 16.7 Å². The normalized spacial score (nSPS) is 12.4. The minimum absolute atomic E-state index is 0.102. The third kappa shape index (κ3) is 3.96. The molecule has 0 radical (unpaired) electrons. The Morgan fingerprint density at radius 1 is 1.60 bits per heavy atom. The van der Waals surface area contributed by atoms with E-state index in [0.29, 0.717) is 4.47 Å². The first-order chi connectivity index (χ1) is 9.31. The molecule has 0 saturated heterocycles. The van der Waals surface area contributed by atoms with E-state index in [4.69, 9.17) is 16.3 Å². The Bertz CT molecular complexity index is 650. The van der Waals surface area contributed by atoms with Crippen molar-refractivity contribution in [2.24, 2.45) is 0 Å². The van der Waals surface area contributed by atoms with Crippen LogP contribution in [0.15, 0.2) is 27.6 Å². The molecule has 0 bridgehead atoms. The van der Waals surface area contributed by atoms with E-state index in [1.165, 1.54) is 19.2 Å². The minimum atomic E-state index is -4.07. The van der Waals surface area contributed by atoms with Crippen LogP contribution in [-0.2, 0) is 14.8 Å². The third-order valence-corrected chi connectivity index (χ3v) is 4.32. The molecule has 0 aliphatic heterocycles. The van der Waals surface area contributed by atoms with Gasteiger partial charge in [0.25, 0.3) is 0 Å². The molecule has 1 rings (SSSR count). The van der Waals surface area contributed by atoms with Crippen LogP contribution < -0.4 is 9.46 Å². The minimum Gasteiger partial charge on any atom is -0.495 e. The largest absolute Gasteiger partial charge is 0.495 e. The van der Waals surface area contributed by atoms with E-state index in [2.05, 4.69) is 21.9 Å². The number of carboxylic acid groups (broad SMARTS) is 1. The molecule has 0 fully saturated rings. The number of aliphatic carboxylic acids is 1. The fourth-order valence-electron chi connectivity index (χ4n) is 1.41. The number of hydrogen-bond acceptors (Lipinski definition) is 4. The number of ether oxygens (including phenoxy) is 1. The van der Waals surface area contributed by atoms with Crippen molar-refractivity contribution < 1.29 is 23.1 Å². The van der Waals surface area contributed by atoms with Gasteiger partial charge in [-0.1, -0.05) is 15.9 Å². The third-order valence-electron chi connectivity index (χ3n) is 2.33. The van der Waals surface area contributed by atoms with Gasteiger partial charge in [-0.15, -0.1) is 12.3 Å². The van der Waals surface area contributed by atoms with Gasteiger partial charge in [0.15, 0.2) is 0 Å². The van der Waals surface area contributed by atoms with E-state index in [-0.39, 0.29) is 17.1 Å². The Hall–Kier alpha value is -1.56. The van der Waals surface area contributed by atoms with Crippen molar-refractivity contribution in [1.29, 1.82) is 0 Å². The van der Waals surface area contributed by atoms with E-state index in [0.717, 1.165) is 0 Å². The highest BCUT2D eigenvalue weighted by Gasteiger charge is 2.27. The number of methoxy groups -OCH3 is 1. The summed E-state index contributed by atoms with van der Waals surface area (Å²) in [5.74, 6) is 0.870. The lowest BCUT2D eigenvalue weighted by atomic mass is 10.2. The van der Waals surface area contributed by atoms with Crippen molar-refractivity contribution in [1.82, 2.24) is 4.72 Å². The summed E-state index contributed by atoms with van der Waals surface area (Å²) in [5, 5.41) is 8.93. The SMILES string of the molecule is C#CCC(NS(=O)(=O)c1cc(Br)ccc1OC)C(=O)O. The van der Waals surface area contributed by atoms with Crippen LogP contribution in [0.2, 0.25) is 0 Å². The topological polar surface area (TPSA) is 92.7 Å². The molecule has 108 valence electrons. The molecule has 1 unspecified atom stereocenters. The van der Waals surface area contributed by atoms with Gasteiger partial charge in [-0.2, -0.15) is 4.72 Å². The first kappa shape index (κ1) is 16.5. The molecule has 20 heavy (non-hydrogen) atoms. The number of nitrogens with one attached hydrogen (secondary N) is 1. The predicted molar refractivity (Wildman–Crippen MR) is 75.9 cm³/mol. The van der Waals surface area contributed by atoms with Crippen LogP contribution >= 0.6 is 15.9 Å². The molecular formula is C12H12BrNO5S. The maximum Gasteiger partial charge on any atom is 0.322 e. The highest BCUT2D eigenvalue weighted by Crippen LogP contribution is 2.27. The van der Waals surface area contributed by atoms with Gasteiger partial charge < -0.3 is 9.84 Å². The van der Waals surface area contributed by atoms with Gasteiger partial charge in [0.2, 0.25) is 10.0 Å². The summed E-state index contributed by atoms with van der Waals surface area (Å²) in [6.07, 6.45) is 4.77. The number of sulfonamides is 1. The zero-order valence-electron chi connectivity index (χ0n) is 10.5. The summed E-state index contributed by atoms with van der Waals surface area (Å²) in [4.78, 5) is 10.8.